The van der Waals surface area contributed by atoms with Gasteiger partial charge in [0, 0.05) is 28.5 Å². The fraction of sp³-hybridized carbons (Fsp3) is 0.276. The van der Waals surface area contributed by atoms with Crippen LogP contribution in [0, 0.1) is 5.92 Å². The lowest BCUT2D eigenvalue weighted by atomic mass is 9.98. The van der Waals surface area contributed by atoms with Gasteiger partial charge in [-0.3, -0.25) is 4.79 Å². The average molecular weight is 500 g/mol. The van der Waals surface area contributed by atoms with E-state index in [2.05, 4.69) is 42.0 Å². The Morgan fingerprint density at radius 3 is 2.69 bits per heavy atom. The Kier molecular flexibility index (Phi) is 6.74. The van der Waals surface area contributed by atoms with Gasteiger partial charge in [0.1, 0.15) is 0 Å². The first-order chi connectivity index (χ1) is 17.4. The zero-order valence-electron chi connectivity index (χ0n) is 20.5. The van der Waals surface area contributed by atoms with Crippen molar-refractivity contribution in [3.63, 3.8) is 0 Å². The monoisotopic (exact) mass is 499 g/mol. The zero-order chi connectivity index (χ0) is 25.2. The fourth-order valence-electron chi connectivity index (χ4n) is 4.65. The normalized spacial score (nSPS) is 16.6. The highest BCUT2D eigenvalue weighted by atomic mass is 32.1. The summed E-state index contributed by atoms with van der Waals surface area (Å²) in [7, 11) is 0. The quantitative estimate of drug-likeness (QED) is 0.400. The van der Waals surface area contributed by atoms with Crippen LogP contribution in [0.25, 0.3) is 16.5 Å². The molecule has 0 fully saturated rings. The number of carboxylic acids is 1. The van der Waals surface area contributed by atoms with Gasteiger partial charge in [0.05, 0.1) is 11.3 Å². The Balaban J connectivity index is 1.40. The fourth-order valence-corrected chi connectivity index (χ4v) is 5.60. The first-order valence-corrected chi connectivity index (χ1v) is 13.1. The van der Waals surface area contributed by atoms with Crippen LogP contribution in [0.4, 0.5) is 11.4 Å². The van der Waals surface area contributed by atoms with Gasteiger partial charge in [-0.15, -0.1) is 11.3 Å². The Hall–Kier alpha value is -3.71. The van der Waals surface area contributed by atoms with Crippen LogP contribution >= 0.6 is 11.3 Å². The number of nitrogens with zero attached hydrogens (tertiary/aromatic N) is 3. The minimum atomic E-state index is -1.22. The average Bonchev–Trinajstić information content (AvgIpc) is 3.48. The van der Waals surface area contributed by atoms with E-state index in [-0.39, 0.29) is 11.3 Å². The van der Waals surface area contributed by atoms with Crippen LogP contribution in [0.5, 0.6) is 0 Å². The van der Waals surface area contributed by atoms with Crippen LogP contribution in [-0.4, -0.2) is 35.8 Å². The van der Waals surface area contributed by atoms with Crippen molar-refractivity contribution >= 4 is 46.4 Å². The van der Waals surface area contributed by atoms with Crippen molar-refractivity contribution in [1.29, 1.82) is 0 Å². The molecule has 0 atom stereocenters. The maximum atomic E-state index is 13.1. The summed E-state index contributed by atoms with van der Waals surface area (Å²) < 4.78 is 0. The van der Waals surface area contributed by atoms with Gasteiger partial charge in [0.25, 0.3) is 5.91 Å². The molecule has 6 nitrogen and oxygen atoms in total. The number of benzene rings is 2. The van der Waals surface area contributed by atoms with Gasteiger partial charge in [-0.25, -0.2) is 4.79 Å². The standard InChI is InChI=1S/C29H29N3O3S/c1-19(2)14-16-31-15-6-7-20-17-21(10-12-25(20)31)26-13-11-23(36-26)18-24-27(29(34)35)30-32(28(24)33)22-8-4-3-5-9-22/h3-5,8-13,17-19H,6-7,14-16H2,1-2H3,(H,34,35). The molecule has 0 bridgehead atoms. The van der Waals surface area contributed by atoms with Crippen LogP contribution in [0.2, 0.25) is 0 Å². The summed E-state index contributed by atoms with van der Waals surface area (Å²) >= 11 is 1.54. The Morgan fingerprint density at radius 2 is 1.94 bits per heavy atom. The Labute approximate surface area is 215 Å². The number of anilines is 2. The number of aryl methyl sites for hydroxylation is 1. The van der Waals surface area contributed by atoms with Gasteiger partial charge in [-0.1, -0.05) is 38.1 Å². The number of carbonyl (C=O) groups excluding carboxylic acids is 1. The predicted octanol–water partition coefficient (Wildman–Crippen LogP) is 6.08. The van der Waals surface area contributed by atoms with Crippen LogP contribution < -0.4 is 9.91 Å². The van der Waals surface area contributed by atoms with E-state index in [1.54, 1.807) is 41.7 Å². The van der Waals surface area contributed by atoms with Crippen LogP contribution in [-0.2, 0) is 16.0 Å². The van der Waals surface area contributed by atoms with Crippen LogP contribution in [0.15, 0.2) is 71.3 Å². The van der Waals surface area contributed by atoms with Crippen molar-refractivity contribution < 1.29 is 14.7 Å². The lowest BCUT2D eigenvalue weighted by Crippen LogP contribution is -2.30. The van der Waals surface area contributed by atoms with Gasteiger partial charge in [-0.2, -0.15) is 10.1 Å². The first-order valence-electron chi connectivity index (χ1n) is 12.3. The van der Waals surface area contributed by atoms with Crippen molar-refractivity contribution in [2.75, 3.05) is 23.0 Å². The van der Waals surface area contributed by atoms with Crippen molar-refractivity contribution in [3.05, 3.63) is 76.7 Å². The van der Waals surface area contributed by atoms with E-state index in [1.807, 2.05) is 18.2 Å². The van der Waals surface area contributed by atoms with E-state index >= 15 is 0 Å². The number of hydrogen-bond donors (Lipinski definition) is 1. The summed E-state index contributed by atoms with van der Waals surface area (Å²) in [5.41, 5.74) is 4.24. The maximum absolute atomic E-state index is 13.1. The molecule has 0 unspecified atom stereocenters. The molecule has 0 saturated heterocycles. The number of carboxylic acid groups (broad SMARTS) is 1. The number of amides is 1. The SMILES string of the molecule is CC(C)CCN1CCCc2cc(-c3ccc(C=C4C(=O)N(c5ccccc5)N=C4C(=O)O)s3)ccc21. The van der Waals surface area contributed by atoms with E-state index in [0.29, 0.717) is 11.6 Å². The van der Waals surface area contributed by atoms with Crippen molar-refractivity contribution in [1.82, 2.24) is 0 Å². The van der Waals surface area contributed by atoms with E-state index in [9.17, 15) is 14.7 Å². The molecule has 0 saturated carbocycles. The minimum Gasteiger partial charge on any atom is -0.476 e. The predicted molar refractivity (Wildman–Crippen MR) is 147 cm³/mol. The number of carbonyl (C=O) groups is 2. The molecule has 7 heteroatoms. The number of rotatable bonds is 7. The molecule has 0 aliphatic carbocycles. The zero-order valence-corrected chi connectivity index (χ0v) is 21.3. The number of para-hydroxylation sites is 1. The number of aliphatic carboxylic acids is 1. The molecule has 1 amide bonds. The third-order valence-corrected chi connectivity index (χ3v) is 7.63. The van der Waals surface area contributed by atoms with E-state index in [4.69, 9.17) is 0 Å². The molecule has 2 aromatic carbocycles. The van der Waals surface area contributed by atoms with Crippen LogP contribution in [0.3, 0.4) is 0 Å². The summed E-state index contributed by atoms with van der Waals surface area (Å²) in [4.78, 5) is 29.3. The molecule has 3 aromatic rings. The minimum absolute atomic E-state index is 0.0889. The van der Waals surface area contributed by atoms with Crippen molar-refractivity contribution in [2.45, 2.75) is 33.1 Å². The highest BCUT2D eigenvalue weighted by Crippen LogP contribution is 2.36. The molecule has 36 heavy (non-hydrogen) atoms. The number of hydrogen-bond acceptors (Lipinski definition) is 5. The first kappa shape index (κ1) is 24.0. The van der Waals surface area contributed by atoms with Gasteiger partial charge >= 0.3 is 5.97 Å². The highest BCUT2D eigenvalue weighted by Gasteiger charge is 2.35. The Bertz CT molecular complexity index is 1360. The third kappa shape index (κ3) is 4.84. The van der Waals surface area contributed by atoms with Gasteiger partial charge < -0.3 is 10.0 Å². The maximum Gasteiger partial charge on any atom is 0.357 e. The highest BCUT2D eigenvalue weighted by molar-refractivity contribution is 7.16. The topological polar surface area (TPSA) is 73.2 Å². The second-order valence-electron chi connectivity index (χ2n) is 9.58. The van der Waals surface area contributed by atoms with Crippen LogP contribution in [0.1, 0.15) is 37.1 Å². The summed E-state index contributed by atoms with van der Waals surface area (Å²) in [5, 5.41) is 14.9. The summed E-state index contributed by atoms with van der Waals surface area (Å²) in [6, 6.07) is 19.5. The summed E-state index contributed by atoms with van der Waals surface area (Å²) in [5.74, 6) is -0.975. The lowest BCUT2D eigenvalue weighted by Gasteiger charge is -2.32. The second-order valence-corrected chi connectivity index (χ2v) is 10.7. The molecule has 1 N–H and O–H groups in total. The van der Waals surface area contributed by atoms with Crippen molar-refractivity contribution in [2.24, 2.45) is 11.0 Å². The molecule has 1 aromatic heterocycles. The van der Waals surface area contributed by atoms with E-state index < -0.39 is 11.9 Å². The van der Waals surface area contributed by atoms with E-state index in [0.717, 1.165) is 46.3 Å². The largest absolute Gasteiger partial charge is 0.476 e. The smallest absolute Gasteiger partial charge is 0.357 e. The summed E-state index contributed by atoms with van der Waals surface area (Å²) in [6.45, 7) is 6.72. The molecule has 0 spiro atoms. The van der Waals surface area contributed by atoms with E-state index in [1.165, 1.54) is 17.7 Å². The van der Waals surface area contributed by atoms with Gasteiger partial charge in [-0.05, 0) is 78.8 Å². The van der Waals surface area contributed by atoms with Crippen molar-refractivity contribution in [3.8, 4) is 10.4 Å². The molecular weight excluding hydrogens is 470 g/mol. The molecule has 184 valence electrons. The molecule has 2 aliphatic heterocycles. The second kappa shape index (κ2) is 10.1. The third-order valence-electron chi connectivity index (χ3n) is 6.55. The Morgan fingerprint density at radius 1 is 1.14 bits per heavy atom. The molecule has 5 rings (SSSR count). The van der Waals surface area contributed by atoms with Gasteiger partial charge in [0.2, 0.25) is 0 Å². The lowest BCUT2D eigenvalue weighted by molar-refractivity contribution is -0.129. The molecule has 2 aliphatic rings. The molecular formula is C29H29N3O3S. The van der Waals surface area contributed by atoms with Gasteiger partial charge in [0.15, 0.2) is 5.71 Å². The molecule has 3 heterocycles. The number of fused-ring (bicyclic) bond motifs is 1. The number of hydrazone groups is 1. The molecule has 0 radical (unpaired) electrons. The number of thiophene rings is 1. The summed E-state index contributed by atoms with van der Waals surface area (Å²) in [6.07, 6.45) is 5.06.